The Hall–Kier alpha value is -1.91. The summed E-state index contributed by atoms with van der Waals surface area (Å²) in [4.78, 5) is 9.03. The van der Waals surface area contributed by atoms with Crippen molar-refractivity contribution >= 4 is 5.82 Å². The summed E-state index contributed by atoms with van der Waals surface area (Å²) in [6.45, 7) is 2.90. The first-order chi connectivity index (χ1) is 9.26. The van der Waals surface area contributed by atoms with E-state index in [9.17, 15) is 0 Å². The Morgan fingerprint density at radius 3 is 2.79 bits per heavy atom. The van der Waals surface area contributed by atoms with Crippen LogP contribution in [0.2, 0.25) is 0 Å². The van der Waals surface area contributed by atoms with Gasteiger partial charge in [0, 0.05) is 30.4 Å². The van der Waals surface area contributed by atoms with Gasteiger partial charge in [-0.3, -0.25) is 4.68 Å². The molecule has 100 valence electrons. The van der Waals surface area contributed by atoms with Crippen molar-refractivity contribution in [3.05, 3.63) is 24.2 Å². The van der Waals surface area contributed by atoms with E-state index in [0.717, 1.165) is 17.8 Å². The van der Waals surface area contributed by atoms with Crippen molar-refractivity contribution in [3.8, 4) is 11.4 Å². The van der Waals surface area contributed by atoms with Crippen molar-refractivity contribution in [2.45, 2.75) is 45.1 Å². The van der Waals surface area contributed by atoms with Crippen molar-refractivity contribution in [1.29, 1.82) is 0 Å². The number of aromatic nitrogens is 4. The molecule has 2 N–H and O–H groups in total. The van der Waals surface area contributed by atoms with Gasteiger partial charge in [0.2, 0.25) is 0 Å². The Labute approximate surface area is 112 Å². The quantitative estimate of drug-likeness (QED) is 0.917. The first kappa shape index (κ1) is 12.1. The maximum atomic E-state index is 5.93. The van der Waals surface area contributed by atoms with Gasteiger partial charge >= 0.3 is 0 Å². The number of anilines is 1. The number of rotatable bonds is 3. The summed E-state index contributed by atoms with van der Waals surface area (Å²) in [6.07, 6.45) is 8.77. The van der Waals surface area contributed by atoms with Crippen molar-refractivity contribution < 1.29 is 0 Å². The molecule has 0 radical (unpaired) electrons. The van der Waals surface area contributed by atoms with Crippen LogP contribution in [-0.4, -0.2) is 19.7 Å². The van der Waals surface area contributed by atoms with Gasteiger partial charge in [-0.1, -0.05) is 12.8 Å². The molecule has 3 rings (SSSR count). The molecular weight excluding hydrogens is 238 g/mol. The van der Waals surface area contributed by atoms with Gasteiger partial charge < -0.3 is 5.73 Å². The highest BCUT2D eigenvalue weighted by Crippen LogP contribution is 2.34. The predicted molar refractivity (Wildman–Crippen MR) is 74.5 cm³/mol. The van der Waals surface area contributed by atoms with Gasteiger partial charge in [0.1, 0.15) is 5.82 Å². The SMILES string of the molecule is CCn1cc(-c2nc(N)cc(C3CCCC3)n2)cn1. The van der Waals surface area contributed by atoms with Gasteiger partial charge in [0.15, 0.2) is 5.82 Å². The Balaban J connectivity index is 1.96. The van der Waals surface area contributed by atoms with Crippen LogP contribution in [0.5, 0.6) is 0 Å². The Bertz CT molecular complexity index is 569. The van der Waals surface area contributed by atoms with E-state index in [4.69, 9.17) is 5.73 Å². The topological polar surface area (TPSA) is 69.6 Å². The molecule has 1 saturated carbocycles. The van der Waals surface area contributed by atoms with Crippen molar-refractivity contribution in [2.24, 2.45) is 0 Å². The first-order valence-corrected chi connectivity index (χ1v) is 6.93. The molecule has 1 aliphatic carbocycles. The predicted octanol–water partition coefficient (Wildman–Crippen LogP) is 2.60. The number of nitrogens with two attached hydrogens (primary N) is 1. The molecule has 2 aromatic rings. The first-order valence-electron chi connectivity index (χ1n) is 6.93. The molecule has 19 heavy (non-hydrogen) atoms. The number of nitrogens with zero attached hydrogens (tertiary/aromatic N) is 4. The number of nitrogen functional groups attached to an aromatic ring is 1. The van der Waals surface area contributed by atoms with E-state index in [-0.39, 0.29) is 0 Å². The molecule has 2 heterocycles. The third kappa shape index (κ3) is 2.45. The number of aryl methyl sites for hydroxylation is 1. The van der Waals surface area contributed by atoms with Gasteiger partial charge in [-0.05, 0) is 19.8 Å². The Morgan fingerprint density at radius 2 is 2.11 bits per heavy atom. The van der Waals surface area contributed by atoms with E-state index < -0.39 is 0 Å². The summed E-state index contributed by atoms with van der Waals surface area (Å²) >= 11 is 0. The lowest BCUT2D eigenvalue weighted by atomic mass is 10.0. The van der Waals surface area contributed by atoms with Crippen LogP contribution in [0, 0.1) is 0 Å². The van der Waals surface area contributed by atoms with E-state index in [2.05, 4.69) is 22.0 Å². The summed E-state index contributed by atoms with van der Waals surface area (Å²) in [5, 5.41) is 4.26. The maximum absolute atomic E-state index is 5.93. The van der Waals surface area contributed by atoms with Gasteiger partial charge in [0.05, 0.1) is 11.8 Å². The van der Waals surface area contributed by atoms with Gasteiger partial charge in [-0.2, -0.15) is 5.10 Å². The second-order valence-electron chi connectivity index (χ2n) is 5.11. The molecule has 0 atom stereocenters. The van der Waals surface area contributed by atoms with Gasteiger partial charge in [-0.15, -0.1) is 0 Å². The van der Waals surface area contributed by atoms with E-state index in [1.165, 1.54) is 25.7 Å². The van der Waals surface area contributed by atoms with Crippen LogP contribution in [0.15, 0.2) is 18.5 Å². The van der Waals surface area contributed by atoms with E-state index in [1.54, 1.807) is 6.20 Å². The standard InChI is InChI=1S/C14H19N5/c1-2-19-9-11(8-16-19)14-17-12(7-13(15)18-14)10-5-3-4-6-10/h7-10H,2-6H2,1H3,(H2,15,17,18). The highest BCUT2D eigenvalue weighted by Gasteiger charge is 2.20. The van der Waals surface area contributed by atoms with Crippen LogP contribution in [-0.2, 0) is 6.54 Å². The molecular formula is C14H19N5. The average molecular weight is 257 g/mol. The molecule has 0 bridgehead atoms. The second-order valence-corrected chi connectivity index (χ2v) is 5.11. The van der Waals surface area contributed by atoms with Crippen LogP contribution in [0.4, 0.5) is 5.82 Å². The van der Waals surface area contributed by atoms with Crippen LogP contribution in [0.3, 0.4) is 0 Å². The monoisotopic (exact) mass is 257 g/mol. The lowest BCUT2D eigenvalue weighted by Crippen LogP contribution is -2.03. The van der Waals surface area contributed by atoms with Crippen molar-refractivity contribution in [1.82, 2.24) is 19.7 Å². The fraction of sp³-hybridized carbons (Fsp3) is 0.500. The molecule has 5 nitrogen and oxygen atoms in total. The molecule has 1 aliphatic rings. The molecule has 0 unspecified atom stereocenters. The molecule has 2 aromatic heterocycles. The van der Waals surface area contributed by atoms with Crippen LogP contribution in [0.25, 0.3) is 11.4 Å². The van der Waals surface area contributed by atoms with E-state index in [1.807, 2.05) is 16.9 Å². The molecule has 0 amide bonds. The number of hydrogen-bond acceptors (Lipinski definition) is 4. The largest absolute Gasteiger partial charge is 0.384 e. The van der Waals surface area contributed by atoms with Crippen molar-refractivity contribution in [3.63, 3.8) is 0 Å². The molecule has 0 saturated heterocycles. The highest BCUT2D eigenvalue weighted by atomic mass is 15.3. The third-order valence-corrected chi connectivity index (χ3v) is 3.75. The third-order valence-electron chi connectivity index (χ3n) is 3.75. The zero-order chi connectivity index (χ0) is 13.2. The van der Waals surface area contributed by atoms with Crippen LogP contribution >= 0.6 is 0 Å². The van der Waals surface area contributed by atoms with E-state index >= 15 is 0 Å². The number of hydrogen-bond donors (Lipinski definition) is 1. The Morgan fingerprint density at radius 1 is 1.32 bits per heavy atom. The highest BCUT2D eigenvalue weighted by molar-refractivity contribution is 5.55. The fourth-order valence-corrected chi connectivity index (χ4v) is 2.70. The molecule has 0 aromatic carbocycles. The zero-order valence-electron chi connectivity index (χ0n) is 11.2. The smallest absolute Gasteiger partial charge is 0.164 e. The summed E-state index contributed by atoms with van der Waals surface area (Å²) < 4.78 is 1.87. The van der Waals surface area contributed by atoms with E-state index in [0.29, 0.717) is 17.6 Å². The van der Waals surface area contributed by atoms with Gasteiger partial charge in [0.25, 0.3) is 0 Å². The second kappa shape index (κ2) is 4.99. The lowest BCUT2D eigenvalue weighted by molar-refractivity contribution is 0.660. The fourth-order valence-electron chi connectivity index (χ4n) is 2.70. The summed E-state index contributed by atoms with van der Waals surface area (Å²) in [6, 6.07) is 1.92. The summed E-state index contributed by atoms with van der Waals surface area (Å²) in [5.74, 6) is 1.79. The Kier molecular flexibility index (Phi) is 3.19. The lowest BCUT2D eigenvalue weighted by Gasteiger charge is -2.10. The summed E-state index contributed by atoms with van der Waals surface area (Å²) in [5.41, 5.74) is 7.95. The van der Waals surface area contributed by atoms with Crippen LogP contribution < -0.4 is 5.73 Å². The van der Waals surface area contributed by atoms with Crippen LogP contribution in [0.1, 0.15) is 44.2 Å². The van der Waals surface area contributed by atoms with Crippen molar-refractivity contribution in [2.75, 3.05) is 5.73 Å². The molecule has 0 aliphatic heterocycles. The average Bonchev–Trinajstić information content (AvgIpc) is 3.09. The molecule has 0 spiro atoms. The zero-order valence-corrected chi connectivity index (χ0v) is 11.2. The maximum Gasteiger partial charge on any atom is 0.164 e. The molecule has 1 fully saturated rings. The van der Waals surface area contributed by atoms with Gasteiger partial charge in [-0.25, -0.2) is 9.97 Å². The minimum atomic E-state index is 0.547. The molecule has 5 heteroatoms. The minimum Gasteiger partial charge on any atom is -0.384 e. The normalized spacial score (nSPS) is 16.1. The summed E-state index contributed by atoms with van der Waals surface area (Å²) in [7, 11) is 0. The minimum absolute atomic E-state index is 0.547.